The van der Waals surface area contributed by atoms with Crippen LogP contribution in [0.4, 0.5) is 5.69 Å². The molecule has 0 spiro atoms. The van der Waals surface area contributed by atoms with Gasteiger partial charge in [-0.1, -0.05) is 36.8 Å². The lowest BCUT2D eigenvalue weighted by Crippen LogP contribution is -2.49. The molecular weight excluding hydrogens is 352 g/mol. The number of para-hydroxylation sites is 2. The Kier molecular flexibility index (Phi) is 5.58. The van der Waals surface area contributed by atoms with Crippen molar-refractivity contribution >= 4 is 21.6 Å². The standard InChI is InChI=1S/C19H22N2O4S/c1-25-18-13-6-5-11-16(18)20-19(22)17-12-7-8-14-21(17)26(23,24)15-9-3-2-4-10-15/h2-6,9-11,13,17H,7-8,12,14H2,1H3,(H,20,22)/t17-/m1/s1. The van der Waals surface area contributed by atoms with Gasteiger partial charge in [0.2, 0.25) is 15.9 Å². The molecule has 1 aliphatic heterocycles. The zero-order chi connectivity index (χ0) is 18.6. The molecule has 6 nitrogen and oxygen atoms in total. The molecule has 1 heterocycles. The van der Waals surface area contributed by atoms with E-state index in [2.05, 4.69) is 5.32 Å². The highest BCUT2D eigenvalue weighted by atomic mass is 32.2. The summed E-state index contributed by atoms with van der Waals surface area (Å²) >= 11 is 0. The monoisotopic (exact) mass is 374 g/mol. The minimum absolute atomic E-state index is 0.206. The Morgan fingerprint density at radius 1 is 1.08 bits per heavy atom. The molecule has 138 valence electrons. The number of carbonyl (C=O) groups is 1. The number of piperidine rings is 1. The summed E-state index contributed by atoms with van der Waals surface area (Å²) < 4.78 is 32.6. The molecule has 1 saturated heterocycles. The van der Waals surface area contributed by atoms with Crippen LogP contribution in [0, 0.1) is 0 Å². The van der Waals surface area contributed by atoms with Crippen molar-refractivity contribution in [2.75, 3.05) is 19.0 Å². The van der Waals surface area contributed by atoms with E-state index in [1.807, 2.05) is 0 Å². The number of sulfonamides is 1. The Labute approximate surface area is 153 Å². The van der Waals surface area contributed by atoms with Crippen molar-refractivity contribution in [2.24, 2.45) is 0 Å². The van der Waals surface area contributed by atoms with E-state index < -0.39 is 16.1 Å². The van der Waals surface area contributed by atoms with Gasteiger partial charge in [0.25, 0.3) is 0 Å². The van der Waals surface area contributed by atoms with Gasteiger partial charge in [-0.3, -0.25) is 4.79 Å². The van der Waals surface area contributed by atoms with Gasteiger partial charge in [-0.2, -0.15) is 4.31 Å². The molecular formula is C19H22N2O4S. The number of nitrogens with zero attached hydrogens (tertiary/aromatic N) is 1. The second kappa shape index (κ2) is 7.88. The Morgan fingerprint density at radius 3 is 2.50 bits per heavy atom. The number of carbonyl (C=O) groups excluding carboxylic acids is 1. The zero-order valence-electron chi connectivity index (χ0n) is 14.6. The van der Waals surface area contributed by atoms with Crippen molar-refractivity contribution in [2.45, 2.75) is 30.2 Å². The fourth-order valence-corrected chi connectivity index (χ4v) is 4.82. The van der Waals surface area contributed by atoms with Crippen LogP contribution < -0.4 is 10.1 Å². The number of methoxy groups -OCH3 is 1. The molecule has 2 aromatic rings. The Balaban J connectivity index is 1.86. The number of nitrogens with one attached hydrogen (secondary N) is 1. The first kappa shape index (κ1) is 18.4. The van der Waals surface area contributed by atoms with Crippen LogP contribution in [0.15, 0.2) is 59.5 Å². The summed E-state index contributed by atoms with van der Waals surface area (Å²) in [6, 6.07) is 14.6. The van der Waals surface area contributed by atoms with Gasteiger partial charge < -0.3 is 10.1 Å². The summed E-state index contributed by atoms with van der Waals surface area (Å²) in [6.07, 6.45) is 2.04. The maximum Gasteiger partial charge on any atom is 0.243 e. The molecule has 0 unspecified atom stereocenters. The lowest BCUT2D eigenvalue weighted by atomic mass is 10.0. The van der Waals surface area contributed by atoms with Gasteiger partial charge in [0.1, 0.15) is 11.8 Å². The third-order valence-electron chi connectivity index (χ3n) is 4.47. The minimum Gasteiger partial charge on any atom is -0.495 e. The molecule has 1 fully saturated rings. The van der Waals surface area contributed by atoms with Crippen LogP contribution in [0.2, 0.25) is 0 Å². The van der Waals surface area contributed by atoms with Gasteiger partial charge in [-0.25, -0.2) is 8.42 Å². The van der Waals surface area contributed by atoms with E-state index in [0.717, 1.165) is 12.8 Å². The Hall–Kier alpha value is -2.38. The summed E-state index contributed by atoms with van der Waals surface area (Å²) in [4.78, 5) is 13.1. The van der Waals surface area contributed by atoms with Gasteiger partial charge in [0, 0.05) is 6.54 Å². The molecule has 0 saturated carbocycles. The number of benzene rings is 2. The fraction of sp³-hybridized carbons (Fsp3) is 0.316. The average molecular weight is 374 g/mol. The number of rotatable bonds is 5. The molecule has 26 heavy (non-hydrogen) atoms. The van der Waals surface area contributed by atoms with Crippen molar-refractivity contribution in [3.63, 3.8) is 0 Å². The van der Waals surface area contributed by atoms with Gasteiger partial charge in [-0.05, 0) is 37.1 Å². The minimum atomic E-state index is -3.72. The Bertz CT molecular complexity index is 868. The Morgan fingerprint density at radius 2 is 1.77 bits per heavy atom. The summed E-state index contributed by atoms with van der Waals surface area (Å²) in [5.41, 5.74) is 0.530. The van der Waals surface area contributed by atoms with Crippen molar-refractivity contribution in [1.82, 2.24) is 4.31 Å². The molecule has 3 rings (SSSR count). The molecule has 1 aliphatic rings. The second-order valence-corrected chi connectivity index (χ2v) is 8.02. The summed E-state index contributed by atoms with van der Waals surface area (Å²) in [6.45, 7) is 0.335. The van der Waals surface area contributed by atoms with E-state index in [9.17, 15) is 13.2 Å². The number of amides is 1. The molecule has 1 atom stereocenters. The summed E-state index contributed by atoms with van der Waals surface area (Å²) in [5, 5.41) is 2.81. The van der Waals surface area contributed by atoms with Crippen LogP contribution in [-0.4, -0.2) is 38.3 Å². The first-order chi connectivity index (χ1) is 12.5. The normalized spacial score (nSPS) is 18.3. The quantitative estimate of drug-likeness (QED) is 0.873. The number of hydrogen-bond donors (Lipinski definition) is 1. The molecule has 0 aromatic heterocycles. The van der Waals surface area contributed by atoms with Crippen LogP contribution in [0.25, 0.3) is 0 Å². The van der Waals surface area contributed by atoms with Gasteiger partial charge in [0.15, 0.2) is 0 Å². The molecule has 1 N–H and O–H groups in total. The first-order valence-electron chi connectivity index (χ1n) is 8.55. The lowest BCUT2D eigenvalue weighted by molar-refractivity contribution is -0.120. The van der Waals surface area contributed by atoms with Crippen molar-refractivity contribution in [1.29, 1.82) is 0 Å². The molecule has 2 aromatic carbocycles. The average Bonchev–Trinajstić information content (AvgIpc) is 2.69. The number of ether oxygens (including phenoxy) is 1. The highest BCUT2D eigenvalue weighted by Crippen LogP contribution is 2.28. The molecule has 0 aliphatic carbocycles. The van der Waals surface area contributed by atoms with E-state index in [-0.39, 0.29) is 10.8 Å². The third kappa shape index (κ3) is 3.73. The molecule has 0 radical (unpaired) electrons. The van der Waals surface area contributed by atoms with Crippen molar-refractivity contribution in [3.8, 4) is 5.75 Å². The lowest BCUT2D eigenvalue weighted by Gasteiger charge is -2.33. The maximum absolute atomic E-state index is 13.0. The van der Waals surface area contributed by atoms with Gasteiger partial charge in [0.05, 0.1) is 17.7 Å². The van der Waals surface area contributed by atoms with Gasteiger partial charge in [-0.15, -0.1) is 0 Å². The zero-order valence-corrected chi connectivity index (χ0v) is 15.4. The fourth-order valence-electron chi connectivity index (χ4n) is 3.15. The summed E-state index contributed by atoms with van der Waals surface area (Å²) in [7, 11) is -2.20. The van der Waals surface area contributed by atoms with Crippen molar-refractivity contribution in [3.05, 3.63) is 54.6 Å². The maximum atomic E-state index is 13.0. The smallest absolute Gasteiger partial charge is 0.243 e. The molecule has 1 amide bonds. The van der Waals surface area contributed by atoms with Crippen LogP contribution >= 0.6 is 0 Å². The van der Waals surface area contributed by atoms with E-state index in [1.54, 1.807) is 54.6 Å². The summed E-state index contributed by atoms with van der Waals surface area (Å²) in [5.74, 6) is 0.197. The van der Waals surface area contributed by atoms with Crippen molar-refractivity contribution < 1.29 is 17.9 Å². The van der Waals surface area contributed by atoms with Crippen LogP contribution in [0.1, 0.15) is 19.3 Å². The SMILES string of the molecule is COc1ccccc1NC(=O)[C@H]1CCCCN1S(=O)(=O)c1ccccc1. The third-order valence-corrected chi connectivity index (χ3v) is 6.39. The number of anilines is 1. The molecule has 7 heteroatoms. The second-order valence-electron chi connectivity index (χ2n) is 6.13. The van der Waals surface area contributed by atoms with Crippen LogP contribution in [-0.2, 0) is 14.8 Å². The first-order valence-corrected chi connectivity index (χ1v) is 9.99. The van der Waals surface area contributed by atoms with E-state index in [4.69, 9.17) is 4.74 Å². The number of hydrogen-bond acceptors (Lipinski definition) is 4. The van der Waals surface area contributed by atoms with Crippen LogP contribution in [0.3, 0.4) is 0 Å². The van der Waals surface area contributed by atoms with Crippen LogP contribution in [0.5, 0.6) is 5.75 Å². The predicted octanol–water partition coefficient (Wildman–Crippen LogP) is 2.88. The van der Waals surface area contributed by atoms with Gasteiger partial charge >= 0.3 is 0 Å². The van der Waals surface area contributed by atoms with E-state index in [0.29, 0.717) is 24.4 Å². The predicted molar refractivity (Wildman–Crippen MR) is 99.6 cm³/mol. The highest BCUT2D eigenvalue weighted by Gasteiger charge is 2.37. The topological polar surface area (TPSA) is 75.7 Å². The van der Waals surface area contributed by atoms with E-state index in [1.165, 1.54) is 11.4 Å². The molecule has 0 bridgehead atoms. The highest BCUT2D eigenvalue weighted by molar-refractivity contribution is 7.89. The largest absolute Gasteiger partial charge is 0.495 e. The van der Waals surface area contributed by atoms with E-state index >= 15 is 0 Å².